The second kappa shape index (κ2) is 14.5. The van der Waals surface area contributed by atoms with Gasteiger partial charge in [-0.3, -0.25) is 14.5 Å². The zero-order valence-electron chi connectivity index (χ0n) is 26.4. The molecule has 1 aliphatic rings. The maximum atomic E-state index is 14.6. The smallest absolute Gasteiger partial charge is 0.242 e. The number of halogens is 1. The molecule has 0 saturated heterocycles. The van der Waals surface area contributed by atoms with Crippen molar-refractivity contribution in [2.24, 2.45) is 5.92 Å². The number of fused-ring (bicyclic) bond motifs is 4. The summed E-state index contributed by atoms with van der Waals surface area (Å²) in [5.41, 5.74) is 4.16. The van der Waals surface area contributed by atoms with Gasteiger partial charge in [-0.25, -0.2) is 14.1 Å². The van der Waals surface area contributed by atoms with Crippen LogP contribution in [0.1, 0.15) is 43.6 Å². The fourth-order valence-electron chi connectivity index (χ4n) is 5.74. The number of nitrogens with zero attached hydrogens (tertiary/aromatic N) is 5. The van der Waals surface area contributed by atoms with E-state index in [1.165, 1.54) is 12.1 Å². The Bertz CT molecular complexity index is 1630. The molecule has 2 aromatic heterocycles. The van der Waals surface area contributed by atoms with E-state index in [9.17, 15) is 14.0 Å². The quantitative estimate of drug-likeness (QED) is 0.344. The Morgan fingerprint density at radius 3 is 2.71 bits per heavy atom. The maximum absolute atomic E-state index is 14.6. The lowest BCUT2D eigenvalue weighted by Crippen LogP contribution is -2.50. The van der Waals surface area contributed by atoms with Crippen LogP contribution in [0.3, 0.4) is 0 Å². The van der Waals surface area contributed by atoms with Crippen LogP contribution in [0.15, 0.2) is 60.9 Å². The molecular weight excluding hydrogens is 573 g/mol. The highest BCUT2D eigenvalue weighted by Gasteiger charge is 2.24. The number of carbonyl (C=O) groups is 2. The molecule has 0 fully saturated rings. The zero-order chi connectivity index (χ0) is 31.9. The van der Waals surface area contributed by atoms with Crippen molar-refractivity contribution >= 4 is 11.8 Å². The largest absolute Gasteiger partial charge is 0.494 e. The van der Waals surface area contributed by atoms with Gasteiger partial charge in [0.1, 0.15) is 23.4 Å². The van der Waals surface area contributed by atoms with Gasteiger partial charge in [0.05, 0.1) is 24.5 Å². The molecule has 5 rings (SSSR count). The summed E-state index contributed by atoms with van der Waals surface area (Å²) in [5.74, 6) is 0.830. The number of imidazole rings is 1. The van der Waals surface area contributed by atoms with Crippen LogP contribution < -0.4 is 15.4 Å². The first-order chi connectivity index (χ1) is 21.7. The van der Waals surface area contributed by atoms with Crippen LogP contribution >= 0.6 is 0 Å². The van der Waals surface area contributed by atoms with Gasteiger partial charge in [-0.1, -0.05) is 26.0 Å². The Labute approximate surface area is 263 Å². The molecular formula is C34H42FN7O3. The van der Waals surface area contributed by atoms with Gasteiger partial charge < -0.3 is 19.9 Å². The van der Waals surface area contributed by atoms with E-state index in [-0.39, 0.29) is 30.1 Å². The maximum Gasteiger partial charge on any atom is 0.242 e. The molecule has 0 aliphatic carbocycles. The lowest BCUT2D eigenvalue weighted by molar-refractivity contribution is -0.130. The van der Waals surface area contributed by atoms with Crippen LogP contribution in [0.5, 0.6) is 5.75 Å². The molecule has 2 aromatic carbocycles. The first-order valence-electron chi connectivity index (χ1n) is 15.5. The molecule has 1 atom stereocenters. The lowest BCUT2D eigenvalue weighted by atomic mass is 10.0. The second-order valence-electron chi connectivity index (χ2n) is 12.0. The van der Waals surface area contributed by atoms with Crippen molar-refractivity contribution in [1.82, 2.24) is 34.9 Å². The van der Waals surface area contributed by atoms with Crippen LogP contribution in [0.4, 0.5) is 4.39 Å². The van der Waals surface area contributed by atoms with Crippen molar-refractivity contribution in [2.75, 3.05) is 26.2 Å². The number of ether oxygens (including phenoxy) is 1. The third-order valence-electron chi connectivity index (χ3n) is 7.75. The van der Waals surface area contributed by atoms with Gasteiger partial charge in [-0.05, 0) is 74.6 Å². The summed E-state index contributed by atoms with van der Waals surface area (Å²) in [7, 11) is 0. The van der Waals surface area contributed by atoms with Gasteiger partial charge >= 0.3 is 0 Å². The minimum Gasteiger partial charge on any atom is -0.494 e. The predicted octanol–water partition coefficient (Wildman–Crippen LogP) is 4.42. The average molecular weight is 616 g/mol. The van der Waals surface area contributed by atoms with Crippen LogP contribution in [0.25, 0.3) is 17.1 Å². The van der Waals surface area contributed by atoms with Crippen LogP contribution in [-0.4, -0.2) is 68.3 Å². The standard InChI is InChI=1S/C34H42FN7O3/c1-23(2)17-30-34(44)37-12-15-41-14-11-36-33(41)26-7-5-8-29(20-26)45-16-6-13-40(22-32(43)38-30)21-27-19-28(35)9-10-31(27)42-25(4)18-24(3)39-42/h5,7-11,14,18-20,23,30H,6,12-13,15-17,21-22H2,1-4H3,(H,37,44)(H,38,43)/t30-/m1/s1. The van der Waals surface area contributed by atoms with Gasteiger partial charge in [0.2, 0.25) is 11.8 Å². The first kappa shape index (κ1) is 31.9. The van der Waals surface area contributed by atoms with Gasteiger partial charge in [-0.15, -0.1) is 0 Å². The number of hydrogen-bond acceptors (Lipinski definition) is 6. The van der Waals surface area contributed by atoms with Crippen LogP contribution in [0.2, 0.25) is 0 Å². The molecule has 2 N–H and O–H groups in total. The Hall–Kier alpha value is -4.51. The first-order valence-corrected chi connectivity index (χ1v) is 15.5. The SMILES string of the molecule is Cc1cc(C)n(-c2ccc(F)cc2CN2CCCOc3cccc(c3)-c3nccn3CCNC(=O)[C@@H](CC(C)C)NC(=O)C2)n1. The number of aromatic nitrogens is 4. The minimum atomic E-state index is -0.681. The van der Waals surface area contributed by atoms with Crippen molar-refractivity contribution < 1.29 is 18.7 Å². The monoisotopic (exact) mass is 615 g/mol. The van der Waals surface area contributed by atoms with E-state index < -0.39 is 6.04 Å². The van der Waals surface area contributed by atoms with E-state index in [0.717, 1.165) is 28.5 Å². The number of aryl methyl sites for hydroxylation is 2. The number of benzene rings is 2. The van der Waals surface area contributed by atoms with Crippen molar-refractivity contribution in [3.8, 4) is 22.8 Å². The third-order valence-corrected chi connectivity index (χ3v) is 7.75. The minimum absolute atomic E-state index is 0.0306. The molecule has 1 aliphatic heterocycles. The summed E-state index contributed by atoms with van der Waals surface area (Å²) < 4.78 is 24.5. The van der Waals surface area contributed by atoms with Gasteiger partial charge in [0.15, 0.2) is 0 Å². The number of amides is 2. The summed E-state index contributed by atoms with van der Waals surface area (Å²) in [6, 6.07) is 13.7. The van der Waals surface area contributed by atoms with E-state index in [2.05, 4.69) is 20.7 Å². The van der Waals surface area contributed by atoms with Gasteiger partial charge in [-0.2, -0.15) is 5.10 Å². The van der Waals surface area contributed by atoms with Gasteiger partial charge in [0.25, 0.3) is 0 Å². The molecule has 10 nitrogen and oxygen atoms in total. The number of carbonyl (C=O) groups excluding carboxylic acids is 2. The fraction of sp³-hybridized carbons (Fsp3) is 0.412. The van der Waals surface area contributed by atoms with Crippen LogP contribution in [0, 0.1) is 25.6 Å². The molecule has 2 amide bonds. The van der Waals surface area contributed by atoms with E-state index in [1.807, 2.05) is 73.7 Å². The van der Waals surface area contributed by atoms with E-state index in [4.69, 9.17) is 4.74 Å². The molecule has 0 radical (unpaired) electrons. The lowest BCUT2D eigenvalue weighted by Gasteiger charge is -2.26. The zero-order valence-corrected chi connectivity index (χ0v) is 26.4. The highest BCUT2D eigenvalue weighted by atomic mass is 19.1. The normalized spacial score (nSPS) is 17.2. The average Bonchev–Trinajstić information content (AvgIpc) is 3.59. The number of rotatable bonds is 5. The molecule has 4 aromatic rings. The summed E-state index contributed by atoms with van der Waals surface area (Å²) in [6.45, 7) is 10.1. The topological polar surface area (TPSA) is 106 Å². The highest BCUT2D eigenvalue weighted by Crippen LogP contribution is 2.24. The molecule has 0 saturated carbocycles. The second-order valence-corrected chi connectivity index (χ2v) is 12.0. The van der Waals surface area contributed by atoms with E-state index in [0.29, 0.717) is 56.9 Å². The Morgan fingerprint density at radius 2 is 1.93 bits per heavy atom. The Morgan fingerprint density at radius 1 is 1.09 bits per heavy atom. The molecule has 45 heavy (non-hydrogen) atoms. The molecule has 2 bridgehead atoms. The van der Waals surface area contributed by atoms with Crippen LogP contribution in [-0.2, 0) is 22.7 Å². The summed E-state index contributed by atoms with van der Waals surface area (Å²) in [4.78, 5) is 33.3. The van der Waals surface area contributed by atoms with Crippen molar-refractivity contribution in [3.05, 3.63) is 83.7 Å². The van der Waals surface area contributed by atoms with E-state index in [1.54, 1.807) is 16.9 Å². The molecule has 11 heteroatoms. The molecule has 0 unspecified atom stereocenters. The van der Waals surface area contributed by atoms with Crippen molar-refractivity contribution in [2.45, 2.75) is 59.7 Å². The summed E-state index contributed by atoms with van der Waals surface area (Å²) in [6.07, 6.45) is 4.74. The Balaban J connectivity index is 1.42. The summed E-state index contributed by atoms with van der Waals surface area (Å²) >= 11 is 0. The third kappa shape index (κ3) is 8.36. The highest BCUT2D eigenvalue weighted by molar-refractivity contribution is 5.88. The number of nitrogens with one attached hydrogen (secondary N) is 2. The predicted molar refractivity (Wildman–Crippen MR) is 170 cm³/mol. The van der Waals surface area contributed by atoms with E-state index >= 15 is 0 Å². The van der Waals surface area contributed by atoms with Gasteiger partial charge in [0, 0.05) is 49.8 Å². The summed E-state index contributed by atoms with van der Waals surface area (Å²) in [5, 5.41) is 10.6. The fourth-order valence-corrected chi connectivity index (χ4v) is 5.74. The molecule has 3 heterocycles. The molecule has 238 valence electrons. The molecule has 0 spiro atoms. The van der Waals surface area contributed by atoms with Crippen molar-refractivity contribution in [1.29, 1.82) is 0 Å². The van der Waals surface area contributed by atoms with Crippen molar-refractivity contribution in [3.63, 3.8) is 0 Å². The Kier molecular flexibility index (Phi) is 10.3. The number of hydrogen-bond donors (Lipinski definition) is 2.